The van der Waals surface area contributed by atoms with Crippen LogP contribution >= 0.6 is 0 Å². The van der Waals surface area contributed by atoms with Crippen molar-refractivity contribution in [1.29, 1.82) is 0 Å². The summed E-state index contributed by atoms with van der Waals surface area (Å²) < 4.78 is 11.4. The maximum Gasteiger partial charge on any atom is 0.228 e. The maximum absolute atomic E-state index is 12.7. The third-order valence-corrected chi connectivity index (χ3v) is 4.98. The molecular formula is C19H20N2O3. The molecular weight excluding hydrogens is 304 g/mol. The van der Waals surface area contributed by atoms with E-state index in [-0.39, 0.29) is 17.9 Å². The lowest BCUT2D eigenvalue weighted by Crippen LogP contribution is -2.35. The van der Waals surface area contributed by atoms with Gasteiger partial charge in [-0.05, 0) is 29.7 Å². The number of amides is 1. The summed E-state index contributed by atoms with van der Waals surface area (Å²) in [4.78, 5) is 18.9. The van der Waals surface area contributed by atoms with Gasteiger partial charge in [-0.25, -0.2) is 0 Å². The highest BCUT2D eigenvalue weighted by atomic mass is 16.5. The summed E-state index contributed by atoms with van der Waals surface area (Å²) in [6.07, 6.45) is 2.78. The highest BCUT2D eigenvalue weighted by molar-refractivity contribution is 5.79. The first-order chi connectivity index (χ1) is 11.7. The van der Waals surface area contributed by atoms with Crippen molar-refractivity contribution in [2.75, 3.05) is 20.2 Å². The fourth-order valence-corrected chi connectivity index (χ4v) is 3.71. The van der Waals surface area contributed by atoms with Gasteiger partial charge in [-0.3, -0.25) is 9.78 Å². The molecule has 0 radical (unpaired) electrons. The van der Waals surface area contributed by atoms with Crippen LogP contribution in [0.5, 0.6) is 5.75 Å². The Morgan fingerprint density at radius 2 is 2.21 bits per heavy atom. The molecule has 0 aliphatic carbocycles. The van der Waals surface area contributed by atoms with Crippen molar-refractivity contribution in [2.45, 2.75) is 25.0 Å². The van der Waals surface area contributed by atoms with Crippen molar-refractivity contribution in [3.8, 4) is 5.75 Å². The van der Waals surface area contributed by atoms with E-state index in [1.54, 1.807) is 19.4 Å². The minimum absolute atomic E-state index is 0.0665. The Kier molecular flexibility index (Phi) is 3.73. The number of likely N-dealkylation sites (tertiary alicyclic amines) is 1. The Hall–Kier alpha value is -2.40. The number of benzene rings is 1. The minimum atomic E-state index is -0.333. The van der Waals surface area contributed by atoms with Gasteiger partial charge in [0.15, 0.2) is 0 Å². The molecule has 1 saturated heterocycles. The van der Waals surface area contributed by atoms with Crippen LogP contribution in [0.3, 0.4) is 0 Å². The van der Waals surface area contributed by atoms with E-state index in [0.29, 0.717) is 31.1 Å². The zero-order valence-corrected chi connectivity index (χ0v) is 13.7. The second-order valence-corrected chi connectivity index (χ2v) is 6.33. The summed E-state index contributed by atoms with van der Waals surface area (Å²) in [5, 5.41) is 0. The van der Waals surface area contributed by atoms with Crippen LogP contribution in [-0.4, -0.2) is 36.0 Å². The van der Waals surface area contributed by atoms with Crippen molar-refractivity contribution < 1.29 is 14.3 Å². The van der Waals surface area contributed by atoms with Crippen molar-refractivity contribution in [2.24, 2.45) is 0 Å². The molecule has 0 N–H and O–H groups in total. The van der Waals surface area contributed by atoms with E-state index in [1.165, 1.54) is 11.1 Å². The summed E-state index contributed by atoms with van der Waals surface area (Å²) in [5.74, 6) is 0.721. The van der Waals surface area contributed by atoms with Gasteiger partial charge in [0.25, 0.3) is 0 Å². The molecule has 4 rings (SSSR count). The molecule has 1 unspecified atom stereocenters. The monoisotopic (exact) mass is 324 g/mol. The summed E-state index contributed by atoms with van der Waals surface area (Å²) in [7, 11) is 1.60. The van der Waals surface area contributed by atoms with Gasteiger partial charge in [0, 0.05) is 12.7 Å². The fourth-order valence-electron chi connectivity index (χ4n) is 3.71. The Labute approximate surface area is 141 Å². The summed E-state index contributed by atoms with van der Waals surface area (Å²) in [5.41, 5.74) is 2.81. The molecule has 1 spiro atoms. The molecule has 1 aromatic heterocycles. The topological polar surface area (TPSA) is 51.7 Å². The quantitative estimate of drug-likeness (QED) is 0.869. The van der Waals surface area contributed by atoms with E-state index in [1.807, 2.05) is 23.1 Å². The molecule has 0 saturated carbocycles. The summed E-state index contributed by atoms with van der Waals surface area (Å²) >= 11 is 0. The summed E-state index contributed by atoms with van der Waals surface area (Å²) in [6.45, 7) is 1.95. The van der Waals surface area contributed by atoms with Gasteiger partial charge in [0.1, 0.15) is 11.4 Å². The highest BCUT2D eigenvalue weighted by Gasteiger charge is 2.46. The first-order valence-electron chi connectivity index (χ1n) is 8.20. The lowest BCUT2D eigenvalue weighted by atomic mass is 9.92. The second kappa shape index (κ2) is 5.91. The minimum Gasteiger partial charge on any atom is -0.495 e. The number of hydrogen-bond donors (Lipinski definition) is 0. The third-order valence-electron chi connectivity index (χ3n) is 4.98. The van der Waals surface area contributed by atoms with Crippen LogP contribution in [-0.2, 0) is 28.2 Å². The largest absolute Gasteiger partial charge is 0.495 e. The molecule has 5 nitrogen and oxygen atoms in total. The number of carbonyl (C=O) groups is 1. The molecule has 2 aromatic rings. The van der Waals surface area contributed by atoms with Crippen LogP contribution in [0.25, 0.3) is 0 Å². The van der Waals surface area contributed by atoms with Crippen molar-refractivity contribution >= 4 is 5.91 Å². The van der Waals surface area contributed by atoms with Crippen LogP contribution in [0, 0.1) is 0 Å². The van der Waals surface area contributed by atoms with E-state index in [0.717, 1.165) is 6.42 Å². The van der Waals surface area contributed by atoms with Gasteiger partial charge < -0.3 is 14.4 Å². The standard InChI is InChI=1S/C19H20N2O3/c1-23-17-7-4-9-20-16(17)11-18(22)21-10-8-19(13-21)15-6-3-2-5-14(15)12-24-19/h2-7,9H,8,10-13H2,1H3. The van der Waals surface area contributed by atoms with Crippen LogP contribution in [0.4, 0.5) is 0 Å². The second-order valence-electron chi connectivity index (χ2n) is 6.33. The van der Waals surface area contributed by atoms with Gasteiger partial charge in [-0.1, -0.05) is 24.3 Å². The fraction of sp³-hybridized carbons (Fsp3) is 0.368. The Balaban J connectivity index is 1.50. The van der Waals surface area contributed by atoms with E-state index < -0.39 is 0 Å². The van der Waals surface area contributed by atoms with Crippen LogP contribution in [0.2, 0.25) is 0 Å². The van der Waals surface area contributed by atoms with Gasteiger partial charge in [0.05, 0.1) is 32.4 Å². The number of ether oxygens (including phenoxy) is 2. The molecule has 0 bridgehead atoms. The molecule has 1 fully saturated rings. The lowest BCUT2D eigenvalue weighted by Gasteiger charge is -2.25. The smallest absolute Gasteiger partial charge is 0.228 e. The normalized spacial score (nSPS) is 22.0. The molecule has 1 aromatic carbocycles. The van der Waals surface area contributed by atoms with Gasteiger partial charge in [0.2, 0.25) is 5.91 Å². The van der Waals surface area contributed by atoms with E-state index in [9.17, 15) is 4.79 Å². The van der Waals surface area contributed by atoms with Crippen LogP contribution < -0.4 is 4.74 Å². The molecule has 1 amide bonds. The Morgan fingerprint density at radius 3 is 3.08 bits per heavy atom. The zero-order valence-electron chi connectivity index (χ0n) is 13.7. The van der Waals surface area contributed by atoms with Crippen molar-refractivity contribution in [3.05, 3.63) is 59.4 Å². The van der Waals surface area contributed by atoms with Crippen molar-refractivity contribution in [3.63, 3.8) is 0 Å². The van der Waals surface area contributed by atoms with Crippen LogP contribution in [0.15, 0.2) is 42.6 Å². The molecule has 2 aliphatic rings. The van der Waals surface area contributed by atoms with Gasteiger partial charge >= 0.3 is 0 Å². The SMILES string of the molecule is COc1cccnc1CC(=O)N1CCC2(C1)OCc1ccccc12. The molecule has 124 valence electrons. The molecule has 2 aliphatic heterocycles. The number of rotatable bonds is 3. The molecule has 24 heavy (non-hydrogen) atoms. The average Bonchev–Trinajstić information content (AvgIpc) is 3.21. The van der Waals surface area contributed by atoms with E-state index >= 15 is 0 Å². The Bertz CT molecular complexity index is 777. The third kappa shape index (κ3) is 2.45. The number of carbonyl (C=O) groups excluding carboxylic acids is 1. The van der Waals surface area contributed by atoms with E-state index in [4.69, 9.17) is 9.47 Å². The van der Waals surface area contributed by atoms with Gasteiger partial charge in [-0.2, -0.15) is 0 Å². The van der Waals surface area contributed by atoms with Crippen LogP contribution in [0.1, 0.15) is 23.2 Å². The number of nitrogens with zero attached hydrogens (tertiary/aromatic N) is 2. The number of aromatic nitrogens is 1. The van der Waals surface area contributed by atoms with Crippen molar-refractivity contribution in [1.82, 2.24) is 9.88 Å². The molecule has 3 heterocycles. The zero-order chi connectivity index (χ0) is 16.6. The Morgan fingerprint density at radius 1 is 1.33 bits per heavy atom. The predicted molar refractivity (Wildman–Crippen MR) is 88.6 cm³/mol. The van der Waals surface area contributed by atoms with E-state index in [2.05, 4.69) is 17.1 Å². The molecule has 5 heteroatoms. The lowest BCUT2D eigenvalue weighted by molar-refractivity contribution is -0.131. The average molecular weight is 324 g/mol. The number of hydrogen-bond acceptors (Lipinski definition) is 4. The first kappa shape index (κ1) is 15.1. The highest BCUT2D eigenvalue weighted by Crippen LogP contribution is 2.43. The number of fused-ring (bicyclic) bond motifs is 2. The molecule has 1 atom stereocenters. The maximum atomic E-state index is 12.7. The first-order valence-corrected chi connectivity index (χ1v) is 8.20. The number of methoxy groups -OCH3 is 1. The predicted octanol–water partition coefficient (Wildman–Crippen LogP) is 2.29. The number of pyridine rings is 1. The summed E-state index contributed by atoms with van der Waals surface area (Å²) in [6, 6.07) is 11.9. The van der Waals surface area contributed by atoms with Gasteiger partial charge in [-0.15, -0.1) is 0 Å².